The van der Waals surface area contributed by atoms with E-state index < -0.39 is 42.1 Å². The predicted molar refractivity (Wildman–Crippen MR) is 385 cm³/mol. The Hall–Kier alpha value is -4.27. The van der Waals surface area contributed by atoms with Gasteiger partial charge in [0.1, 0.15) is 29.6 Å². The first-order valence-electron chi connectivity index (χ1n) is 36.1. The van der Waals surface area contributed by atoms with Crippen molar-refractivity contribution in [2.24, 2.45) is 0 Å². The van der Waals surface area contributed by atoms with Gasteiger partial charge in [-0.2, -0.15) is 0 Å². The number of hydrogen-bond donors (Lipinski definition) is 0. The summed E-state index contributed by atoms with van der Waals surface area (Å²) in [6, 6.07) is 26.3. The van der Waals surface area contributed by atoms with Gasteiger partial charge >= 0.3 is 14.2 Å². The van der Waals surface area contributed by atoms with E-state index in [1.165, 1.54) is 0 Å². The molecule has 1 aliphatic carbocycles. The standard InChI is InChI=1S/C78H122B2O16/c1-21-25-65(84-20)35-41-87-64(24-4)53-92-69-45-59(44-68(49-69)90-39-33-57(8)91-52-63(23-3)83-19)51-78(50-58-42-66(88-37-31-55(6)85-36-30-54(5)81-17)48-67(43-58)89-38-32-56(7)86-40-34-62(22-2)82-18)72-46-60(79-93-74(9,10)75(11,12)94-79)26-28-70(72)71-29-27-61(47-73(71)78)80-95-76(13,14)77(15,16)96-80/h26-29,42-49,54-57,62-65H,21-25,30-41,50-53H2,1-20H3. The number of fused-ring (bicyclic) bond motifs is 3. The van der Waals surface area contributed by atoms with E-state index in [0.29, 0.717) is 108 Å². The van der Waals surface area contributed by atoms with Crippen LogP contribution in [0.25, 0.3) is 11.1 Å². The fraction of sp³-hybridized carbons (Fsp3) is 0.692. The molecule has 16 nitrogen and oxygen atoms in total. The molecule has 0 bridgehead atoms. The molecule has 0 aromatic heterocycles. The topological polar surface area (TPSA) is 148 Å². The van der Waals surface area contributed by atoms with E-state index >= 15 is 0 Å². The number of methoxy groups -OCH3 is 4. The lowest BCUT2D eigenvalue weighted by atomic mass is 9.66. The summed E-state index contributed by atoms with van der Waals surface area (Å²) in [5.74, 6) is 2.79. The molecule has 536 valence electrons. The van der Waals surface area contributed by atoms with E-state index in [1.54, 1.807) is 28.4 Å². The van der Waals surface area contributed by atoms with Crippen LogP contribution in [-0.4, -0.2) is 167 Å². The molecule has 0 saturated carbocycles. The predicted octanol–water partition coefficient (Wildman–Crippen LogP) is 14.6. The molecule has 4 aromatic rings. The molecule has 8 unspecified atom stereocenters. The maximum Gasteiger partial charge on any atom is 0.494 e. The first-order valence-corrected chi connectivity index (χ1v) is 36.1. The van der Waals surface area contributed by atoms with Gasteiger partial charge < -0.3 is 75.5 Å². The van der Waals surface area contributed by atoms with Gasteiger partial charge in [0.25, 0.3) is 0 Å². The molecule has 8 atom stereocenters. The molecule has 2 saturated heterocycles. The highest BCUT2D eigenvalue weighted by Gasteiger charge is 2.55. The third-order valence-corrected chi connectivity index (χ3v) is 20.7. The van der Waals surface area contributed by atoms with Crippen LogP contribution in [0.3, 0.4) is 0 Å². The summed E-state index contributed by atoms with van der Waals surface area (Å²) in [5.41, 5.74) is 5.27. The summed E-state index contributed by atoms with van der Waals surface area (Å²) in [6.45, 7) is 37.7. The van der Waals surface area contributed by atoms with E-state index in [1.807, 2.05) is 12.1 Å². The zero-order valence-electron chi connectivity index (χ0n) is 62.6. The van der Waals surface area contributed by atoms with Gasteiger partial charge in [0.05, 0.1) is 97.7 Å². The van der Waals surface area contributed by atoms with E-state index in [-0.39, 0.29) is 48.8 Å². The molecule has 0 amide bonds. The van der Waals surface area contributed by atoms with Crippen LogP contribution in [-0.2, 0) is 74.8 Å². The van der Waals surface area contributed by atoms with E-state index in [9.17, 15) is 0 Å². The van der Waals surface area contributed by atoms with Gasteiger partial charge in [0.15, 0.2) is 0 Å². The highest BCUT2D eigenvalue weighted by molar-refractivity contribution is 6.62. The summed E-state index contributed by atoms with van der Waals surface area (Å²) in [7, 11) is 5.76. The monoisotopic (exact) mass is 1340 g/mol. The zero-order valence-corrected chi connectivity index (χ0v) is 62.6. The van der Waals surface area contributed by atoms with Gasteiger partial charge in [-0.15, -0.1) is 0 Å². The van der Waals surface area contributed by atoms with Gasteiger partial charge in [0, 0.05) is 85.1 Å². The van der Waals surface area contributed by atoms with Crippen molar-refractivity contribution >= 4 is 25.2 Å². The van der Waals surface area contributed by atoms with Gasteiger partial charge in [-0.1, -0.05) is 70.5 Å². The van der Waals surface area contributed by atoms with Gasteiger partial charge in [0.2, 0.25) is 0 Å². The van der Waals surface area contributed by atoms with Crippen LogP contribution in [0.2, 0.25) is 0 Å². The summed E-state index contributed by atoms with van der Waals surface area (Å²) < 4.78 is 103. The second kappa shape index (κ2) is 36.9. The highest BCUT2D eigenvalue weighted by atomic mass is 16.7. The maximum atomic E-state index is 6.91. The number of hydrogen-bond acceptors (Lipinski definition) is 16. The lowest BCUT2D eigenvalue weighted by Crippen LogP contribution is -2.41. The van der Waals surface area contributed by atoms with E-state index in [2.05, 4.69) is 171 Å². The Morgan fingerprint density at radius 2 is 0.750 bits per heavy atom. The molecular weight excluding hydrogens is 1210 g/mol. The summed E-state index contributed by atoms with van der Waals surface area (Å²) in [4.78, 5) is 0. The molecule has 7 rings (SSSR count). The van der Waals surface area contributed by atoms with Crippen LogP contribution >= 0.6 is 0 Å². The van der Waals surface area contributed by atoms with Crippen LogP contribution < -0.4 is 29.9 Å². The molecule has 0 spiro atoms. The number of benzene rings is 4. The van der Waals surface area contributed by atoms with Crippen molar-refractivity contribution in [3.8, 4) is 34.1 Å². The molecular formula is C78H122B2O16. The lowest BCUT2D eigenvalue weighted by molar-refractivity contribution is -0.0277. The largest absolute Gasteiger partial charge is 0.494 e. The number of ether oxygens (including phenoxy) is 12. The Bertz CT molecular complexity index is 2850. The summed E-state index contributed by atoms with van der Waals surface area (Å²) in [6.07, 6.45) is 10.3. The van der Waals surface area contributed by atoms with Crippen molar-refractivity contribution in [1.82, 2.24) is 0 Å². The second-order valence-corrected chi connectivity index (χ2v) is 29.1. The highest BCUT2D eigenvalue weighted by Crippen LogP contribution is 2.53. The van der Waals surface area contributed by atoms with Crippen LogP contribution in [0.1, 0.15) is 204 Å². The fourth-order valence-electron chi connectivity index (χ4n) is 12.6. The fourth-order valence-corrected chi connectivity index (χ4v) is 12.6. The SMILES string of the molecule is CCCC(CCOC(CC)COc1cc(CC2(Cc3cc(OCCC(C)OCCC(C)OC)cc(OCCC(C)OCCC(CC)OC)c3)c3cc(B4OC(C)(C)C(C)(C)O4)ccc3-c3ccc(B4OC(C)(C)C(C)(C)O4)cc32)cc(OCCC(C)OCC(CC)OC)c1)OC. The average Bonchev–Trinajstić information content (AvgIpc) is 1.55. The molecule has 0 N–H and O–H groups in total. The van der Waals surface area contributed by atoms with Gasteiger partial charge in [-0.25, -0.2) is 0 Å². The van der Waals surface area contributed by atoms with E-state index in [0.717, 1.165) is 95.7 Å². The van der Waals surface area contributed by atoms with Crippen molar-refractivity contribution in [3.63, 3.8) is 0 Å². The average molecular weight is 1340 g/mol. The Morgan fingerprint density at radius 1 is 0.365 bits per heavy atom. The molecule has 2 fully saturated rings. The molecule has 4 aromatic carbocycles. The van der Waals surface area contributed by atoms with Crippen molar-refractivity contribution in [3.05, 3.63) is 95.1 Å². The Balaban J connectivity index is 1.38. The summed E-state index contributed by atoms with van der Waals surface area (Å²) in [5, 5.41) is 0. The van der Waals surface area contributed by atoms with Crippen LogP contribution in [0, 0.1) is 0 Å². The molecule has 3 aliphatic rings. The minimum absolute atomic E-state index is 0.0283. The molecule has 2 heterocycles. The quantitative estimate of drug-likeness (QED) is 0.0386. The van der Waals surface area contributed by atoms with Crippen LogP contribution in [0.15, 0.2) is 72.8 Å². The lowest BCUT2D eigenvalue weighted by Gasteiger charge is -2.34. The van der Waals surface area contributed by atoms with E-state index in [4.69, 9.17) is 75.5 Å². The Kier molecular flexibility index (Phi) is 30.4. The van der Waals surface area contributed by atoms with Crippen molar-refractivity contribution in [1.29, 1.82) is 0 Å². The first-order chi connectivity index (χ1) is 45.7. The number of rotatable bonds is 45. The van der Waals surface area contributed by atoms with Gasteiger partial charge in [-0.05, 0) is 209 Å². The molecule has 96 heavy (non-hydrogen) atoms. The zero-order chi connectivity index (χ0) is 69.8. The Labute approximate surface area is 579 Å². The maximum absolute atomic E-state index is 6.91. The summed E-state index contributed by atoms with van der Waals surface area (Å²) >= 11 is 0. The molecule has 2 aliphatic heterocycles. The Morgan fingerprint density at radius 3 is 1.16 bits per heavy atom. The third kappa shape index (κ3) is 21.6. The van der Waals surface area contributed by atoms with Gasteiger partial charge in [-0.3, -0.25) is 0 Å². The minimum atomic E-state index is -0.802. The van der Waals surface area contributed by atoms with Crippen molar-refractivity contribution in [2.75, 3.05) is 81.3 Å². The minimum Gasteiger partial charge on any atom is -0.493 e. The molecule has 0 radical (unpaired) electrons. The van der Waals surface area contributed by atoms with Crippen molar-refractivity contribution < 1.29 is 75.5 Å². The molecule has 18 heteroatoms. The van der Waals surface area contributed by atoms with Crippen LogP contribution in [0.4, 0.5) is 0 Å². The normalized spacial score (nSPS) is 19.1. The second-order valence-electron chi connectivity index (χ2n) is 29.1. The first kappa shape index (κ1) is 79.1. The van der Waals surface area contributed by atoms with Crippen LogP contribution in [0.5, 0.6) is 23.0 Å². The third-order valence-electron chi connectivity index (χ3n) is 20.7. The smallest absolute Gasteiger partial charge is 0.493 e. The van der Waals surface area contributed by atoms with Crippen molar-refractivity contribution in [2.45, 2.75) is 271 Å².